The van der Waals surface area contributed by atoms with Crippen LogP contribution in [0.5, 0.6) is 0 Å². The van der Waals surface area contributed by atoms with Gasteiger partial charge in [-0.2, -0.15) is 0 Å². The average molecular weight is 326 g/mol. The molecule has 3 aromatic rings. The number of halogens is 1. The highest BCUT2D eigenvalue weighted by Crippen LogP contribution is 2.24. The third-order valence-electron chi connectivity index (χ3n) is 3.49. The summed E-state index contributed by atoms with van der Waals surface area (Å²) in [6.45, 7) is 1.78. The van der Waals surface area contributed by atoms with Crippen LogP contribution in [0, 0.1) is 0 Å². The van der Waals surface area contributed by atoms with Crippen molar-refractivity contribution in [2.24, 2.45) is 0 Å². The number of carbonyl (C=O) groups is 1. The van der Waals surface area contributed by atoms with Crippen LogP contribution >= 0.6 is 11.6 Å². The van der Waals surface area contributed by atoms with Gasteiger partial charge in [-0.3, -0.25) is 4.79 Å². The summed E-state index contributed by atoms with van der Waals surface area (Å²) in [7, 11) is 0. The Morgan fingerprint density at radius 3 is 2.57 bits per heavy atom. The van der Waals surface area contributed by atoms with Crippen LogP contribution in [0.3, 0.4) is 0 Å². The number of amides is 1. The van der Waals surface area contributed by atoms with Gasteiger partial charge in [0.1, 0.15) is 17.0 Å². The lowest BCUT2D eigenvalue weighted by atomic mass is 10.2. The van der Waals surface area contributed by atoms with E-state index in [0.29, 0.717) is 11.0 Å². The van der Waals surface area contributed by atoms with Crippen molar-refractivity contribution in [3.8, 4) is 0 Å². The topological polar surface area (TPSA) is 54.0 Å². The number of nitrogens with zero attached hydrogens (tertiary/aromatic N) is 1. The largest absolute Gasteiger partial charge is 0.359 e. The summed E-state index contributed by atoms with van der Waals surface area (Å²) >= 11 is 6.20. The summed E-state index contributed by atoms with van der Waals surface area (Å²) in [5.74, 6) is 0.437. The molecule has 0 radical (unpaired) electrons. The molecule has 4 nitrogen and oxygen atoms in total. The van der Waals surface area contributed by atoms with Gasteiger partial charge < -0.3 is 10.6 Å². The first-order valence-corrected chi connectivity index (χ1v) is 7.69. The highest BCUT2D eigenvalue weighted by atomic mass is 35.5. The zero-order chi connectivity index (χ0) is 16.2. The predicted octanol–water partition coefficient (Wildman–Crippen LogP) is 4.33. The molecule has 0 aliphatic carbocycles. The second-order valence-electron chi connectivity index (χ2n) is 5.24. The van der Waals surface area contributed by atoms with Crippen molar-refractivity contribution < 1.29 is 4.79 Å². The molecule has 1 amide bonds. The van der Waals surface area contributed by atoms with Gasteiger partial charge in [0.2, 0.25) is 5.91 Å². The van der Waals surface area contributed by atoms with E-state index >= 15 is 0 Å². The number of nitrogens with one attached hydrogen (secondary N) is 2. The van der Waals surface area contributed by atoms with E-state index in [1.807, 2.05) is 60.7 Å². The van der Waals surface area contributed by atoms with Gasteiger partial charge in [0.05, 0.1) is 0 Å². The fraction of sp³-hybridized carbons (Fsp3) is 0.111. The standard InChI is InChI=1S/C18H16ClN3O/c1-12(18(23)21-14-8-3-2-4-9-14)20-16-11-13-7-5-6-10-15(13)17(19)22-16/h2-12H,1H3,(H,20,22)(H,21,23). The monoisotopic (exact) mass is 325 g/mol. The smallest absolute Gasteiger partial charge is 0.246 e. The summed E-state index contributed by atoms with van der Waals surface area (Å²) in [6, 6.07) is 18.5. The van der Waals surface area contributed by atoms with E-state index in [-0.39, 0.29) is 5.91 Å². The first-order chi connectivity index (χ1) is 11.1. The number of anilines is 2. The van der Waals surface area contributed by atoms with Crippen LogP contribution in [-0.2, 0) is 4.79 Å². The Morgan fingerprint density at radius 1 is 1.09 bits per heavy atom. The van der Waals surface area contributed by atoms with Gasteiger partial charge in [-0.25, -0.2) is 4.98 Å². The maximum absolute atomic E-state index is 12.2. The fourth-order valence-corrected chi connectivity index (χ4v) is 2.55. The van der Waals surface area contributed by atoms with Crippen molar-refractivity contribution >= 4 is 39.8 Å². The quantitative estimate of drug-likeness (QED) is 0.702. The van der Waals surface area contributed by atoms with Crippen molar-refractivity contribution in [2.75, 3.05) is 10.6 Å². The van der Waals surface area contributed by atoms with Crippen LogP contribution in [0.2, 0.25) is 5.15 Å². The summed E-state index contributed by atoms with van der Waals surface area (Å²) < 4.78 is 0. The number of pyridine rings is 1. The molecule has 1 heterocycles. The van der Waals surface area contributed by atoms with Gasteiger partial charge in [0.25, 0.3) is 0 Å². The predicted molar refractivity (Wildman–Crippen MR) is 94.9 cm³/mol. The highest BCUT2D eigenvalue weighted by Gasteiger charge is 2.14. The lowest BCUT2D eigenvalue weighted by molar-refractivity contribution is -0.116. The SMILES string of the molecule is CC(Nc1cc2ccccc2c(Cl)n1)C(=O)Nc1ccccc1. The Labute approximate surface area is 139 Å². The Hall–Kier alpha value is -2.59. The molecule has 1 aromatic heterocycles. The van der Waals surface area contributed by atoms with Gasteiger partial charge in [0, 0.05) is 11.1 Å². The first kappa shape index (κ1) is 15.3. The second kappa shape index (κ2) is 6.67. The molecule has 0 aliphatic heterocycles. The zero-order valence-corrected chi connectivity index (χ0v) is 13.3. The Morgan fingerprint density at radius 2 is 1.78 bits per heavy atom. The number of rotatable bonds is 4. The van der Waals surface area contributed by atoms with Crippen molar-refractivity contribution in [1.29, 1.82) is 0 Å². The number of hydrogen-bond donors (Lipinski definition) is 2. The molecule has 0 fully saturated rings. The normalized spacial score (nSPS) is 11.9. The molecule has 0 saturated carbocycles. The van der Waals surface area contributed by atoms with Crippen LogP contribution in [0.4, 0.5) is 11.5 Å². The van der Waals surface area contributed by atoms with E-state index in [4.69, 9.17) is 11.6 Å². The minimum absolute atomic E-state index is 0.137. The molecule has 0 aliphatic rings. The number of aromatic nitrogens is 1. The molecule has 0 saturated heterocycles. The summed E-state index contributed by atoms with van der Waals surface area (Å²) in [4.78, 5) is 16.5. The second-order valence-corrected chi connectivity index (χ2v) is 5.60. The average Bonchev–Trinajstić information content (AvgIpc) is 2.56. The number of fused-ring (bicyclic) bond motifs is 1. The van der Waals surface area contributed by atoms with E-state index in [1.54, 1.807) is 6.92 Å². The number of hydrogen-bond acceptors (Lipinski definition) is 3. The van der Waals surface area contributed by atoms with Crippen molar-refractivity contribution in [3.63, 3.8) is 0 Å². The van der Waals surface area contributed by atoms with Gasteiger partial charge in [0.15, 0.2) is 0 Å². The molecule has 1 atom stereocenters. The molecular formula is C18H16ClN3O. The Balaban J connectivity index is 1.74. The van der Waals surface area contributed by atoms with Gasteiger partial charge in [-0.15, -0.1) is 0 Å². The third-order valence-corrected chi connectivity index (χ3v) is 3.78. The van der Waals surface area contributed by atoms with Gasteiger partial charge in [-0.05, 0) is 30.5 Å². The Kier molecular flexibility index (Phi) is 4.44. The van der Waals surface area contributed by atoms with Gasteiger partial charge in [-0.1, -0.05) is 54.1 Å². The molecule has 2 aromatic carbocycles. The van der Waals surface area contributed by atoms with Crippen LogP contribution in [-0.4, -0.2) is 16.9 Å². The van der Waals surface area contributed by atoms with E-state index in [2.05, 4.69) is 15.6 Å². The van der Waals surface area contributed by atoms with E-state index in [0.717, 1.165) is 16.5 Å². The van der Waals surface area contributed by atoms with E-state index in [9.17, 15) is 4.79 Å². The molecule has 1 unspecified atom stereocenters. The van der Waals surface area contributed by atoms with Crippen LogP contribution < -0.4 is 10.6 Å². The number of para-hydroxylation sites is 1. The number of carbonyl (C=O) groups excluding carboxylic acids is 1. The zero-order valence-electron chi connectivity index (χ0n) is 12.6. The van der Waals surface area contributed by atoms with Gasteiger partial charge >= 0.3 is 0 Å². The lowest BCUT2D eigenvalue weighted by Crippen LogP contribution is -2.32. The third kappa shape index (κ3) is 3.60. The Bertz CT molecular complexity index is 836. The summed E-state index contributed by atoms with van der Waals surface area (Å²) in [5, 5.41) is 8.22. The summed E-state index contributed by atoms with van der Waals surface area (Å²) in [6.07, 6.45) is 0. The maximum Gasteiger partial charge on any atom is 0.246 e. The minimum atomic E-state index is -0.445. The summed E-state index contributed by atoms with van der Waals surface area (Å²) in [5.41, 5.74) is 0.760. The molecule has 2 N–H and O–H groups in total. The van der Waals surface area contributed by atoms with Crippen molar-refractivity contribution in [3.05, 3.63) is 65.8 Å². The minimum Gasteiger partial charge on any atom is -0.359 e. The molecule has 23 heavy (non-hydrogen) atoms. The molecule has 0 bridgehead atoms. The maximum atomic E-state index is 12.2. The van der Waals surface area contributed by atoms with Crippen molar-refractivity contribution in [2.45, 2.75) is 13.0 Å². The molecule has 0 spiro atoms. The van der Waals surface area contributed by atoms with Crippen molar-refractivity contribution in [1.82, 2.24) is 4.98 Å². The van der Waals surface area contributed by atoms with E-state index < -0.39 is 6.04 Å². The van der Waals surface area contributed by atoms with Crippen LogP contribution in [0.25, 0.3) is 10.8 Å². The number of benzene rings is 2. The van der Waals surface area contributed by atoms with Crippen LogP contribution in [0.1, 0.15) is 6.92 Å². The lowest BCUT2D eigenvalue weighted by Gasteiger charge is -2.15. The first-order valence-electron chi connectivity index (χ1n) is 7.31. The molecular weight excluding hydrogens is 310 g/mol. The van der Waals surface area contributed by atoms with Crippen LogP contribution in [0.15, 0.2) is 60.7 Å². The molecule has 3 rings (SSSR count). The fourth-order valence-electron chi connectivity index (χ4n) is 2.29. The molecule has 116 valence electrons. The molecule has 5 heteroatoms. The highest BCUT2D eigenvalue weighted by molar-refractivity contribution is 6.34. The van der Waals surface area contributed by atoms with E-state index in [1.165, 1.54) is 0 Å².